The zero-order valence-electron chi connectivity index (χ0n) is 18.4. The molecule has 2 N–H and O–H groups in total. The molecule has 1 aromatic carbocycles. The van der Waals surface area contributed by atoms with E-state index >= 15 is 0 Å². The van der Waals surface area contributed by atoms with Crippen molar-refractivity contribution in [2.24, 2.45) is 5.10 Å². The van der Waals surface area contributed by atoms with Gasteiger partial charge in [-0.15, -0.1) is 0 Å². The quantitative estimate of drug-likeness (QED) is 0.181. The standard InChI is InChI=1S/C24H40N2O3/c1-3-4-5-6-7-8-9-10-11-12-13-14-15-16-24(28)26-25-20-21-17-18-22(27)23(19-21)29-2/h17-20,27H,3-16H2,1-2H3,(H,26,28)/b25-20+. The van der Waals surface area contributed by atoms with Crippen LogP contribution in [0.15, 0.2) is 23.3 Å². The number of aromatic hydroxyl groups is 1. The van der Waals surface area contributed by atoms with E-state index in [-0.39, 0.29) is 11.7 Å². The van der Waals surface area contributed by atoms with Crippen LogP contribution in [0.3, 0.4) is 0 Å². The molecule has 164 valence electrons. The number of phenols is 1. The second-order valence-electron chi connectivity index (χ2n) is 7.72. The zero-order chi connectivity index (χ0) is 21.2. The lowest BCUT2D eigenvalue weighted by Gasteiger charge is -2.04. The number of unbranched alkanes of at least 4 members (excludes halogenated alkanes) is 12. The fourth-order valence-electron chi connectivity index (χ4n) is 3.31. The molecule has 0 saturated carbocycles. The molecule has 29 heavy (non-hydrogen) atoms. The van der Waals surface area contributed by atoms with Gasteiger partial charge in [-0.2, -0.15) is 5.10 Å². The van der Waals surface area contributed by atoms with Crippen molar-refractivity contribution in [3.05, 3.63) is 23.8 Å². The highest BCUT2D eigenvalue weighted by atomic mass is 16.5. The molecule has 0 saturated heterocycles. The monoisotopic (exact) mass is 404 g/mol. The lowest BCUT2D eigenvalue weighted by Crippen LogP contribution is -2.16. The second kappa shape index (κ2) is 16.9. The van der Waals surface area contributed by atoms with Gasteiger partial charge in [0, 0.05) is 6.42 Å². The summed E-state index contributed by atoms with van der Waals surface area (Å²) in [6, 6.07) is 4.91. The third-order valence-electron chi connectivity index (χ3n) is 5.11. The van der Waals surface area contributed by atoms with Crippen LogP contribution in [0.2, 0.25) is 0 Å². The van der Waals surface area contributed by atoms with Gasteiger partial charge < -0.3 is 9.84 Å². The Morgan fingerprint density at radius 2 is 1.52 bits per heavy atom. The van der Waals surface area contributed by atoms with Gasteiger partial charge in [0.25, 0.3) is 0 Å². The third-order valence-corrected chi connectivity index (χ3v) is 5.11. The normalized spacial score (nSPS) is 11.1. The number of nitrogens with one attached hydrogen (secondary N) is 1. The molecular weight excluding hydrogens is 364 g/mol. The van der Waals surface area contributed by atoms with Crippen LogP contribution in [0.4, 0.5) is 0 Å². The lowest BCUT2D eigenvalue weighted by molar-refractivity contribution is -0.121. The Morgan fingerprint density at radius 1 is 0.966 bits per heavy atom. The molecule has 0 aliphatic carbocycles. The van der Waals surface area contributed by atoms with Crippen molar-refractivity contribution in [3.63, 3.8) is 0 Å². The molecule has 1 aromatic rings. The molecule has 1 amide bonds. The average molecular weight is 405 g/mol. The molecule has 5 nitrogen and oxygen atoms in total. The van der Waals surface area contributed by atoms with E-state index in [0.717, 1.165) is 18.4 Å². The molecule has 0 unspecified atom stereocenters. The van der Waals surface area contributed by atoms with E-state index in [1.165, 1.54) is 83.8 Å². The van der Waals surface area contributed by atoms with Crippen molar-refractivity contribution < 1.29 is 14.6 Å². The molecule has 5 heteroatoms. The van der Waals surface area contributed by atoms with Crippen LogP contribution in [-0.4, -0.2) is 24.3 Å². The highest BCUT2D eigenvalue weighted by Gasteiger charge is 2.02. The Morgan fingerprint density at radius 3 is 2.07 bits per heavy atom. The van der Waals surface area contributed by atoms with Crippen molar-refractivity contribution >= 4 is 12.1 Å². The topological polar surface area (TPSA) is 70.9 Å². The Bertz CT molecular complexity index is 587. The molecular formula is C24H40N2O3. The first kappa shape index (κ1) is 25.0. The number of ether oxygens (including phenoxy) is 1. The van der Waals surface area contributed by atoms with Gasteiger partial charge in [0.05, 0.1) is 13.3 Å². The molecule has 0 atom stereocenters. The largest absolute Gasteiger partial charge is 0.504 e. The van der Waals surface area contributed by atoms with Crippen molar-refractivity contribution in [2.45, 2.75) is 96.8 Å². The third kappa shape index (κ3) is 12.9. The summed E-state index contributed by atoms with van der Waals surface area (Å²) in [5, 5.41) is 13.5. The van der Waals surface area contributed by atoms with E-state index in [0.29, 0.717) is 12.2 Å². The van der Waals surface area contributed by atoms with Crippen LogP contribution < -0.4 is 10.2 Å². The number of nitrogens with zero attached hydrogens (tertiary/aromatic N) is 1. The van der Waals surface area contributed by atoms with Gasteiger partial charge in [-0.25, -0.2) is 5.43 Å². The molecule has 1 rings (SSSR count). The molecule has 0 spiro atoms. The smallest absolute Gasteiger partial charge is 0.240 e. The number of methoxy groups -OCH3 is 1. The van der Waals surface area contributed by atoms with E-state index in [1.807, 2.05) is 0 Å². The van der Waals surface area contributed by atoms with Gasteiger partial charge in [0.1, 0.15) is 0 Å². The molecule has 0 aliphatic heterocycles. The molecule has 0 radical (unpaired) electrons. The summed E-state index contributed by atoms with van der Waals surface area (Å²) in [4.78, 5) is 11.8. The van der Waals surface area contributed by atoms with Crippen LogP contribution in [-0.2, 0) is 4.79 Å². The number of carbonyl (C=O) groups excluding carboxylic acids is 1. The summed E-state index contributed by atoms with van der Waals surface area (Å²) >= 11 is 0. The Hall–Kier alpha value is -2.04. The van der Waals surface area contributed by atoms with Gasteiger partial charge in [-0.3, -0.25) is 4.79 Å². The van der Waals surface area contributed by atoms with E-state index in [4.69, 9.17) is 4.74 Å². The van der Waals surface area contributed by atoms with Crippen LogP contribution in [0.1, 0.15) is 102 Å². The van der Waals surface area contributed by atoms with Crippen molar-refractivity contribution in [1.29, 1.82) is 0 Å². The number of carbonyl (C=O) groups is 1. The summed E-state index contributed by atoms with van der Waals surface area (Å²) in [5.41, 5.74) is 3.30. The fraction of sp³-hybridized carbons (Fsp3) is 0.667. The number of hydrazone groups is 1. The minimum atomic E-state index is -0.0601. The van der Waals surface area contributed by atoms with Gasteiger partial charge in [-0.1, -0.05) is 84.0 Å². The van der Waals surface area contributed by atoms with Crippen LogP contribution in [0.5, 0.6) is 11.5 Å². The van der Waals surface area contributed by atoms with Crippen molar-refractivity contribution in [3.8, 4) is 11.5 Å². The van der Waals surface area contributed by atoms with Crippen molar-refractivity contribution in [2.75, 3.05) is 7.11 Å². The molecule has 0 aliphatic rings. The number of benzene rings is 1. The SMILES string of the molecule is CCCCCCCCCCCCCCCC(=O)N/N=C/c1ccc(O)c(OC)c1. The zero-order valence-corrected chi connectivity index (χ0v) is 18.4. The van der Waals surface area contributed by atoms with Gasteiger partial charge >= 0.3 is 0 Å². The van der Waals surface area contributed by atoms with E-state index in [1.54, 1.807) is 18.3 Å². The molecule has 0 fully saturated rings. The minimum absolute atomic E-state index is 0.0601. The van der Waals surface area contributed by atoms with Crippen LogP contribution in [0.25, 0.3) is 0 Å². The molecule has 0 aromatic heterocycles. The number of hydrogen-bond donors (Lipinski definition) is 2. The number of phenolic OH excluding ortho intramolecular Hbond substituents is 1. The number of amides is 1. The predicted molar refractivity (Wildman–Crippen MR) is 121 cm³/mol. The van der Waals surface area contributed by atoms with Crippen LogP contribution >= 0.6 is 0 Å². The van der Waals surface area contributed by atoms with Gasteiger partial charge in [0.2, 0.25) is 5.91 Å². The molecule has 0 bridgehead atoms. The summed E-state index contributed by atoms with van der Waals surface area (Å²) in [5.74, 6) is 0.401. The van der Waals surface area contributed by atoms with Gasteiger partial charge in [-0.05, 0) is 30.2 Å². The maximum absolute atomic E-state index is 11.8. The lowest BCUT2D eigenvalue weighted by atomic mass is 10.0. The van der Waals surface area contributed by atoms with Gasteiger partial charge in [0.15, 0.2) is 11.5 Å². The minimum Gasteiger partial charge on any atom is -0.504 e. The first-order valence-corrected chi connectivity index (χ1v) is 11.4. The maximum Gasteiger partial charge on any atom is 0.240 e. The highest BCUT2D eigenvalue weighted by Crippen LogP contribution is 2.25. The van der Waals surface area contributed by atoms with E-state index in [2.05, 4.69) is 17.5 Å². The Kier molecular flexibility index (Phi) is 14.5. The van der Waals surface area contributed by atoms with Crippen molar-refractivity contribution in [1.82, 2.24) is 5.43 Å². The Balaban J connectivity index is 1.96. The van der Waals surface area contributed by atoms with E-state index < -0.39 is 0 Å². The summed E-state index contributed by atoms with van der Waals surface area (Å²) < 4.78 is 5.04. The molecule has 0 heterocycles. The summed E-state index contributed by atoms with van der Waals surface area (Å²) in [7, 11) is 1.49. The average Bonchev–Trinajstić information content (AvgIpc) is 2.72. The van der Waals surface area contributed by atoms with E-state index in [9.17, 15) is 9.90 Å². The van der Waals surface area contributed by atoms with Crippen LogP contribution in [0, 0.1) is 0 Å². The highest BCUT2D eigenvalue weighted by molar-refractivity contribution is 5.83. The summed E-state index contributed by atoms with van der Waals surface area (Å²) in [6.45, 7) is 2.26. The fourth-order valence-corrected chi connectivity index (χ4v) is 3.31. The second-order valence-corrected chi connectivity index (χ2v) is 7.72. The number of hydrogen-bond acceptors (Lipinski definition) is 4. The maximum atomic E-state index is 11.8. The Labute approximate surface area is 176 Å². The predicted octanol–water partition coefficient (Wildman–Crippen LogP) is 6.33. The number of rotatable bonds is 17. The first-order valence-electron chi connectivity index (χ1n) is 11.4. The summed E-state index contributed by atoms with van der Waals surface area (Å²) in [6.07, 6.45) is 18.9. The first-order chi connectivity index (χ1) is 14.2.